The van der Waals surface area contributed by atoms with E-state index in [0.717, 1.165) is 6.07 Å². The Labute approximate surface area is 162 Å². The lowest BCUT2D eigenvalue weighted by Gasteiger charge is -2.17. The van der Waals surface area contributed by atoms with Crippen LogP contribution in [0, 0.1) is 5.92 Å². The second-order valence-corrected chi connectivity index (χ2v) is 7.35. The molecule has 8 heteroatoms. The van der Waals surface area contributed by atoms with Gasteiger partial charge in [-0.15, -0.1) is 0 Å². The van der Waals surface area contributed by atoms with E-state index in [-0.39, 0.29) is 5.56 Å². The number of benzene rings is 2. The van der Waals surface area contributed by atoms with Crippen LogP contribution in [0.5, 0.6) is 0 Å². The summed E-state index contributed by atoms with van der Waals surface area (Å²) in [6, 6.07) is 10.9. The first kappa shape index (κ1) is 19.4. The maximum atomic E-state index is 13.2. The van der Waals surface area contributed by atoms with Gasteiger partial charge in [-0.05, 0) is 41.7 Å². The Kier molecular flexibility index (Phi) is 5.28. The summed E-state index contributed by atoms with van der Waals surface area (Å²) in [5, 5.41) is 2.56. The summed E-state index contributed by atoms with van der Waals surface area (Å²) >= 11 is 3.28. The van der Waals surface area contributed by atoms with Crippen molar-refractivity contribution in [2.75, 3.05) is 0 Å². The molecule has 142 valence electrons. The molecule has 0 radical (unpaired) electrons. The fourth-order valence-corrected chi connectivity index (χ4v) is 3.58. The maximum absolute atomic E-state index is 13.2. The molecule has 3 atom stereocenters. The van der Waals surface area contributed by atoms with Gasteiger partial charge < -0.3 is 11.1 Å². The van der Waals surface area contributed by atoms with Crippen LogP contribution in [0.1, 0.15) is 35.1 Å². The molecule has 0 bridgehead atoms. The predicted octanol–water partition coefficient (Wildman–Crippen LogP) is 3.91. The minimum absolute atomic E-state index is 0.100. The van der Waals surface area contributed by atoms with Crippen LogP contribution in [0.15, 0.2) is 53.0 Å². The first-order chi connectivity index (χ1) is 12.7. The summed E-state index contributed by atoms with van der Waals surface area (Å²) in [4.78, 5) is 24.3. The number of carbonyl (C=O) groups excluding carboxylic acids is 2. The summed E-state index contributed by atoms with van der Waals surface area (Å²) < 4.78 is 40.2. The van der Waals surface area contributed by atoms with Gasteiger partial charge in [-0.1, -0.05) is 46.3 Å². The number of amides is 2. The van der Waals surface area contributed by atoms with E-state index in [1.807, 2.05) is 0 Å². The van der Waals surface area contributed by atoms with E-state index < -0.39 is 41.4 Å². The summed E-state index contributed by atoms with van der Waals surface area (Å²) in [6.07, 6.45) is -4.19. The van der Waals surface area contributed by atoms with E-state index >= 15 is 0 Å². The minimum Gasteiger partial charge on any atom is -0.368 e. The molecule has 1 aliphatic rings. The standard InChI is InChI=1S/C19H16BrF3N2O2/c20-11-5-3-4-10(8-11)16(17(24)26)25-18(27)14-9-13(14)12-6-1-2-7-15(12)19(21,22)23/h1-8,13-14,16H,9H2,(H2,24,26)(H,25,27). The van der Waals surface area contributed by atoms with Crippen LogP contribution in [0.2, 0.25) is 0 Å². The number of alkyl halides is 3. The Morgan fingerprint density at radius 3 is 2.48 bits per heavy atom. The van der Waals surface area contributed by atoms with Crippen molar-refractivity contribution >= 4 is 27.7 Å². The Hall–Kier alpha value is -2.35. The van der Waals surface area contributed by atoms with Crippen LogP contribution in [-0.4, -0.2) is 11.8 Å². The highest BCUT2D eigenvalue weighted by molar-refractivity contribution is 9.10. The van der Waals surface area contributed by atoms with Crippen molar-refractivity contribution in [1.82, 2.24) is 5.32 Å². The molecule has 0 aliphatic heterocycles. The minimum atomic E-state index is -4.48. The van der Waals surface area contributed by atoms with Gasteiger partial charge in [0.05, 0.1) is 5.56 Å². The third-order valence-corrected chi connectivity index (χ3v) is 5.04. The highest BCUT2D eigenvalue weighted by Crippen LogP contribution is 2.51. The number of rotatable bonds is 5. The topological polar surface area (TPSA) is 72.2 Å². The SMILES string of the molecule is NC(=O)C(NC(=O)C1CC1c1ccccc1C(F)(F)F)c1cccc(Br)c1. The van der Waals surface area contributed by atoms with E-state index in [1.54, 1.807) is 24.3 Å². The fourth-order valence-electron chi connectivity index (χ4n) is 3.16. The Morgan fingerprint density at radius 1 is 1.15 bits per heavy atom. The molecule has 0 aromatic heterocycles. The van der Waals surface area contributed by atoms with Crippen LogP contribution in [0.25, 0.3) is 0 Å². The number of primary amides is 1. The van der Waals surface area contributed by atoms with Crippen molar-refractivity contribution in [1.29, 1.82) is 0 Å². The zero-order valence-electron chi connectivity index (χ0n) is 14.0. The number of nitrogens with two attached hydrogens (primary N) is 1. The number of nitrogens with one attached hydrogen (secondary N) is 1. The third kappa shape index (κ3) is 4.32. The summed E-state index contributed by atoms with van der Waals surface area (Å²) in [7, 11) is 0. The zero-order chi connectivity index (χ0) is 19.8. The van der Waals surface area contributed by atoms with Crippen LogP contribution in [0.4, 0.5) is 13.2 Å². The summed E-state index contributed by atoms with van der Waals surface area (Å²) in [6.45, 7) is 0. The summed E-state index contributed by atoms with van der Waals surface area (Å²) in [5.74, 6) is -2.38. The van der Waals surface area contributed by atoms with E-state index in [4.69, 9.17) is 5.73 Å². The molecule has 3 rings (SSSR count). The van der Waals surface area contributed by atoms with Gasteiger partial charge in [0.1, 0.15) is 6.04 Å². The van der Waals surface area contributed by atoms with Gasteiger partial charge in [-0.2, -0.15) is 13.2 Å². The molecular weight excluding hydrogens is 425 g/mol. The lowest BCUT2D eigenvalue weighted by atomic mass is 10.0. The molecular formula is C19H16BrF3N2O2. The third-order valence-electron chi connectivity index (χ3n) is 4.55. The van der Waals surface area contributed by atoms with Crippen molar-refractivity contribution in [3.63, 3.8) is 0 Å². The molecule has 2 aromatic carbocycles. The molecule has 2 amide bonds. The van der Waals surface area contributed by atoms with Crippen LogP contribution >= 0.6 is 15.9 Å². The van der Waals surface area contributed by atoms with Crippen molar-refractivity contribution in [3.8, 4) is 0 Å². The number of hydrogen-bond acceptors (Lipinski definition) is 2. The van der Waals surface area contributed by atoms with E-state index in [9.17, 15) is 22.8 Å². The van der Waals surface area contributed by atoms with Gasteiger partial charge in [0, 0.05) is 10.4 Å². The quantitative estimate of drug-likeness (QED) is 0.739. The number of carbonyl (C=O) groups is 2. The molecule has 0 saturated heterocycles. The normalized spacial score (nSPS) is 20.0. The smallest absolute Gasteiger partial charge is 0.368 e. The Morgan fingerprint density at radius 2 is 1.85 bits per heavy atom. The van der Waals surface area contributed by atoms with E-state index in [1.165, 1.54) is 18.2 Å². The lowest BCUT2D eigenvalue weighted by molar-refractivity contribution is -0.138. The average Bonchev–Trinajstić information content (AvgIpc) is 3.39. The van der Waals surface area contributed by atoms with Gasteiger partial charge >= 0.3 is 6.18 Å². The molecule has 1 aliphatic carbocycles. The highest BCUT2D eigenvalue weighted by Gasteiger charge is 2.48. The molecule has 27 heavy (non-hydrogen) atoms. The zero-order valence-corrected chi connectivity index (χ0v) is 15.5. The van der Waals surface area contributed by atoms with Crippen LogP contribution < -0.4 is 11.1 Å². The molecule has 3 unspecified atom stereocenters. The molecule has 0 heterocycles. The summed E-state index contributed by atoms with van der Waals surface area (Å²) in [5.41, 5.74) is 5.26. The highest BCUT2D eigenvalue weighted by atomic mass is 79.9. The Bertz CT molecular complexity index is 885. The van der Waals surface area contributed by atoms with E-state index in [0.29, 0.717) is 16.5 Å². The second kappa shape index (κ2) is 7.34. The molecule has 1 saturated carbocycles. The van der Waals surface area contributed by atoms with Crippen molar-refractivity contribution in [2.24, 2.45) is 11.7 Å². The van der Waals surface area contributed by atoms with Crippen LogP contribution in [-0.2, 0) is 15.8 Å². The van der Waals surface area contributed by atoms with Crippen molar-refractivity contribution in [2.45, 2.75) is 24.6 Å². The molecule has 0 spiro atoms. The molecule has 1 fully saturated rings. The monoisotopic (exact) mass is 440 g/mol. The Balaban J connectivity index is 1.76. The van der Waals surface area contributed by atoms with Crippen molar-refractivity contribution in [3.05, 3.63) is 69.7 Å². The first-order valence-corrected chi connectivity index (χ1v) is 8.99. The van der Waals surface area contributed by atoms with Gasteiger partial charge in [0.2, 0.25) is 11.8 Å². The van der Waals surface area contributed by atoms with Crippen molar-refractivity contribution < 1.29 is 22.8 Å². The molecule has 2 aromatic rings. The predicted molar refractivity (Wildman–Crippen MR) is 96.5 cm³/mol. The largest absolute Gasteiger partial charge is 0.416 e. The van der Waals surface area contributed by atoms with Gasteiger partial charge in [0.25, 0.3) is 0 Å². The number of hydrogen-bond donors (Lipinski definition) is 2. The molecule has 4 nitrogen and oxygen atoms in total. The van der Waals surface area contributed by atoms with Gasteiger partial charge in [-0.25, -0.2) is 0 Å². The maximum Gasteiger partial charge on any atom is 0.416 e. The second-order valence-electron chi connectivity index (χ2n) is 6.43. The first-order valence-electron chi connectivity index (χ1n) is 8.19. The average molecular weight is 441 g/mol. The fraction of sp³-hybridized carbons (Fsp3) is 0.263. The van der Waals surface area contributed by atoms with Gasteiger partial charge in [-0.3, -0.25) is 9.59 Å². The van der Waals surface area contributed by atoms with E-state index in [2.05, 4.69) is 21.2 Å². The molecule has 3 N–H and O–H groups in total. The number of halogens is 4. The van der Waals surface area contributed by atoms with Gasteiger partial charge in [0.15, 0.2) is 0 Å². The lowest BCUT2D eigenvalue weighted by Crippen LogP contribution is -2.38. The van der Waals surface area contributed by atoms with Crippen LogP contribution in [0.3, 0.4) is 0 Å².